The highest BCUT2D eigenvalue weighted by molar-refractivity contribution is 5.91. The van der Waals surface area contributed by atoms with Gasteiger partial charge in [0.15, 0.2) is 0 Å². The third kappa shape index (κ3) is 8.04. The average Bonchev–Trinajstić information content (AvgIpc) is 2.71. The minimum Gasteiger partial charge on any atom is -0.494 e. The summed E-state index contributed by atoms with van der Waals surface area (Å²) in [4.78, 5) is 34.4. The third-order valence-corrected chi connectivity index (χ3v) is 3.85. The molecule has 7 heteroatoms. The molecular weight excluding hydrogens is 376 g/mol. The lowest BCUT2D eigenvalue weighted by Crippen LogP contribution is -2.09. The standard InChI is InChI=1S/C22H24O7/c1-2-15-27-17-9-7-16(8-10-17)22(26)29-19-13-11-18(12-14-19)28-21(25)6-4-3-5-20(23)24/h7-14H,2-6,15H2,1H3,(H,23,24). The van der Waals surface area contributed by atoms with E-state index in [-0.39, 0.29) is 12.8 Å². The Balaban J connectivity index is 1.81. The van der Waals surface area contributed by atoms with Gasteiger partial charge in [-0.05, 0) is 67.8 Å². The SMILES string of the molecule is CCCOc1ccc(C(=O)Oc2ccc(OC(=O)CCCCC(=O)O)cc2)cc1. The molecular formula is C22H24O7. The Hall–Kier alpha value is -3.35. The molecule has 0 bridgehead atoms. The van der Waals surface area contributed by atoms with Crippen molar-refractivity contribution >= 4 is 17.9 Å². The van der Waals surface area contributed by atoms with E-state index < -0.39 is 17.9 Å². The number of ether oxygens (including phenoxy) is 3. The van der Waals surface area contributed by atoms with Crippen LogP contribution in [0.3, 0.4) is 0 Å². The predicted molar refractivity (Wildman–Crippen MR) is 105 cm³/mol. The molecule has 0 amide bonds. The van der Waals surface area contributed by atoms with E-state index in [1.807, 2.05) is 6.92 Å². The predicted octanol–water partition coefficient (Wildman–Crippen LogP) is 4.25. The first-order valence-electron chi connectivity index (χ1n) is 9.45. The van der Waals surface area contributed by atoms with Gasteiger partial charge in [-0.25, -0.2) is 4.79 Å². The van der Waals surface area contributed by atoms with E-state index in [0.29, 0.717) is 42.3 Å². The maximum atomic E-state index is 12.2. The van der Waals surface area contributed by atoms with Crippen molar-refractivity contribution < 1.29 is 33.7 Å². The van der Waals surface area contributed by atoms with Gasteiger partial charge in [0.2, 0.25) is 0 Å². The summed E-state index contributed by atoms with van der Waals surface area (Å²) in [5.74, 6) is -0.490. The highest BCUT2D eigenvalue weighted by Crippen LogP contribution is 2.20. The van der Waals surface area contributed by atoms with E-state index in [2.05, 4.69) is 0 Å². The molecule has 0 unspecified atom stereocenters. The fourth-order valence-electron chi connectivity index (χ4n) is 2.38. The van der Waals surface area contributed by atoms with Crippen LogP contribution >= 0.6 is 0 Å². The van der Waals surface area contributed by atoms with Crippen molar-refractivity contribution in [2.75, 3.05) is 6.61 Å². The summed E-state index contributed by atoms with van der Waals surface area (Å²) in [6, 6.07) is 12.8. The molecule has 0 aliphatic carbocycles. The Bertz CT molecular complexity index is 810. The molecule has 2 aromatic carbocycles. The van der Waals surface area contributed by atoms with Gasteiger partial charge in [0.1, 0.15) is 17.2 Å². The normalized spacial score (nSPS) is 10.2. The molecule has 0 aromatic heterocycles. The molecule has 29 heavy (non-hydrogen) atoms. The first-order chi connectivity index (χ1) is 14.0. The molecule has 0 saturated carbocycles. The molecule has 1 N–H and O–H groups in total. The molecule has 0 aliphatic heterocycles. The summed E-state index contributed by atoms with van der Waals surface area (Å²) in [5.41, 5.74) is 0.394. The minimum absolute atomic E-state index is 0.0296. The van der Waals surface area contributed by atoms with Crippen LogP contribution in [0.25, 0.3) is 0 Å². The van der Waals surface area contributed by atoms with Crippen molar-refractivity contribution in [2.45, 2.75) is 39.0 Å². The minimum atomic E-state index is -0.885. The van der Waals surface area contributed by atoms with Crippen molar-refractivity contribution in [2.24, 2.45) is 0 Å². The zero-order chi connectivity index (χ0) is 21.1. The second kappa shape index (κ2) is 11.5. The third-order valence-electron chi connectivity index (χ3n) is 3.85. The number of unbranched alkanes of at least 4 members (excludes halogenated alkanes) is 1. The van der Waals surface area contributed by atoms with E-state index >= 15 is 0 Å². The van der Waals surface area contributed by atoms with Crippen LogP contribution in [-0.4, -0.2) is 29.6 Å². The summed E-state index contributed by atoms with van der Waals surface area (Å²) in [5, 5.41) is 8.56. The van der Waals surface area contributed by atoms with Crippen LogP contribution in [0.4, 0.5) is 0 Å². The van der Waals surface area contributed by atoms with Gasteiger partial charge in [-0.3, -0.25) is 9.59 Å². The van der Waals surface area contributed by atoms with Crippen molar-refractivity contribution in [3.05, 3.63) is 54.1 Å². The number of carboxylic acid groups (broad SMARTS) is 1. The summed E-state index contributed by atoms with van der Waals surface area (Å²) in [6.07, 6.45) is 1.94. The number of carbonyl (C=O) groups is 3. The summed E-state index contributed by atoms with van der Waals surface area (Å²) in [7, 11) is 0. The zero-order valence-corrected chi connectivity index (χ0v) is 16.3. The zero-order valence-electron chi connectivity index (χ0n) is 16.3. The number of hydrogen-bond acceptors (Lipinski definition) is 6. The molecule has 7 nitrogen and oxygen atoms in total. The molecule has 0 radical (unpaired) electrons. The van der Waals surface area contributed by atoms with Gasteiger partial charge in [-0.2, -0.15) is 0 Å². The van der Waals surface area contributed by atoms with E-state index in [4.69, 9.17) is 19.3 Å². The van der Waals surface area contributed by atoms with Gasteiger partial charge in [-0.15, -0.1) is 0 Å². The second-order valence-corrected chi connectivity index (χ2v) is 6.31. The number of carbonyl (C=O) groups excluding carboxylic acids is 2. The number of benzene rings is 2. The second-order valence-electron chi connectivity index (χ2n) is 6.31. The van der Waals surface area contributed by atoms with Crippen molar-refractivity contribution in [1.82, 2.24) is 0 Å². The largest absolute Gasteiger partial charge is 0.494 e. The first kappa shape index (κ1) is 21.9. The van der Waals surface area contributed by atoms with Crippen LogP contribution in [0.1, 0.15) is 49.4 Å². The van der Waals surface area contributed by atoms with Crippen LogP contribution in [0, 0.1) is 0 Å². The van der Waals surface area contributed by atoms with Crippen molar-refractivity contribution in [1.29, 1.82) is 0 Å². The maximum Gasteiger partial charge on any atom is 0.343 e. The van der Waals surface area contributed by atoms with Crippen molar-refractivity contribution in [3.63, 3.8) is 0 Å². The highest BCUT2D eigenvalue weighted by atomic mass is 16.5. The van der Waals surface area contributed by atoms with Crippen molar-refractivity contribution in [3.8, 4) is 17.2 Å². The van der Waals surface area contributed by atoms with E-state index in [0.717, 1.165) is 6.42 Å². The molecule has 0 aliphatic rings. The lowest BCUT2D eigenvalue weighted by molar-refractivity contribution is -0.138. The average molecular weight is 400 g/mol. The van der Waals surface area contributed by atoms with Crippen LogP contribution in [0.15, 0.2) is 48.5 Å². The van der Waals surface area contributed by atoms with Gasteiger partial charge in [0.05, 0.1) is 12.2 Å². The molecule has 154 valence electrons. The van der Waals surface area contributed by atoms with Crippen LogP contribution in [0.5, 0.6) is 17.2 Å². The van der Waals surface area contributed by atoms with Gasteiger partial charge in [0, 0.05) is 12.8 Å². The number of esters is 2. The smallest absolute Gasteiger partial charge is 0.343 e. The molecule has 0 heterocycles. The van der Waals surface area contributed by atoms with E-state index in [9.17, 15) is 14.4 Å². The Morgan fingerprint density at radius 2 is 1.34 bits per heavy atom. The first-order valence-corrected chi connectivity index (χ1v) is 9.45. The Kier molecular flexibility index (Phi) is 8.69. The Morgan fingerprint density at radius 1 is 0.793 bits per heavy atom. The number of hydrogen-bond donors (Lipinski definition) is 1. The maximum absolute atomic E-state index is 12.2. The summed E-state index contributed by atoms with van der Waals surface area (Å²) in [6.45, 7) is 2.63. The van der Waals surface area contributed by atoms with E-state index in [1.165, 1.54) is 24.3 Å². The number of carboxylic acids is 1. The van der Waals surface area contributed by atoms with Gasteiger partial charge in [-0.1, -0.05) is 6.92 Å². The Morgan fingerprint density at radius 3 is 1.93 bits per heavy atom. The topological polar surface area (TPSA) is 99.1 Å². The lowest BCUT2D eigenvalue weighted by atomic mass is 10.2. The van der Waals surface area contributed by atoms with Gasteiger partial charge < -0.3 is 19.3 Å². The van der Waals surface area contributed by atoms with E-state index in [1.54, 1.807) is 24.3 Å². The monoisotopic (exact) mass is 400 g/mol. The molecule has 0 atom stereocenters. The molecule has 2 aromatic rings. The lowest BCUT2D eigenvalue weighted by Gasteiger charge is -2.08. The highest BCUT2D eigenvalue weighted by Gasteiger charge is 2.10. The number of aliphatic carboxylic acids is 1. The van der Waals surface area contributed by atoms with Gasteiger partial charge >= 0.3 is 17.9 Å². The fourth-order valence-corrected chi connectivity index (χ4v) is 2.38. The quantitative estimate of drug-likeness (QED) is 0.342. The van der Waals surface area contributed by atoms with Gasteiger partial charge in [0.25, 0.3) is 0 Å². The summed E-state index contributed by atoms with van der Waals surface area (Å²) < 4.78 is 16.0. The number of rotatable bonds is 11. The Labute approximate surface area is 169 Å². The van der Waals surface area contributed by atoms with Crippen LogP contribution in [0.2, 0.25) is 0 Å². The molecule has 0 spiro atoms. The van der Waals surface area contributed by atoms with Crippen LogP contribution < -0.4 is 14.2 Å². The summed E-state index contributed by atoms with van der Waals surface area (Å²) >= 11 is 0. The molecule has 0 fully saturated rings. The molecule has 0 saturated heterocycles. The molecule has 2 rings (SSSR count). The fraction of sp³-hybridized carbons (Fsp3) is 0.318. The van der Waals surface area contributed by atoms with Crippen LogP contribution in [-0.2, 0) is 9.59 Å².